The Morgan fingerprint density at radius 2 is 2.47 bits per heavy atom. The van der Waals surface area contributed by atoms with Crippen LogP contribution in [0, 0.1) is 0 Å². The maximum Gasteiger partial charge on any atom is 0.131 e. The number of rotatable bonds is 6. The summed E-state index contributed by atoms with van der Waals surface area (Å²) in [5, 5.41) is 14.4. The summed E-state index contributed by atoms with van der Waals surface area (Å²) < 4.78 is 6.81. The number of hydrogen-bond donors (Lipinski definition) is 1. The molecule has 92 valence electrons. The van der Waals surface area contributed by atoms with Gasteiger partial charge in [0.15, 0.2) is 0 Å². The summed E-state index contributed by atoms with van der Waals surface area (Å²) in [6, 6.07) is 1.83. The number of aryl methyl sites for hydroxylation is 1. The highest BCUT2D eigenvalue weighted by atomic mass is 32.1. The molecule has 2 heterocycles. The van der Waals surface area contributed by atoms with Crippen molar-refractivity contribution in [3.8, 4) is 0 Å². The predicted molar refractivity (Wildman–Crippen MR) is 64.9 cm³/mol. The van der Waals surface area contributed by atoms with E-state index < -0.39 is 6.10 Å². The van der Waals surface area contributed by atoms with Crippen molar-refractivity contribution < 1.29 is 9.84 Å². The number of methoxy groups -OCH3 is 1. The molecule has 0 saturated heterocycles. The molecule has 5 nitrogen and oxygen atoms in total. The van der Waals surface area contributed by atoms with Gasteiger partial charge in [0.1, 0.15) is 6.10 Å². The van der Waals surface area contributed by atoms with Crippen LogP contribution >= 0.6 is 11.3 Å². The highest BCUT2D eigenvalue weighted by Gasteiger charge is 2.16. The van der Waals surface area contributed by atoms with E-state index in [1.54, 1.807) is 25.0 Å². The van der Waals surface area contributed by atoms with Crippen molar-refractivity contribution in [1.29, 1.82) is 0 Å². The zero-order chi connectivity index (χ0) is 12.1. The number of thiazole rings is 1. The highest BCUT2D eigenvalue weighted by molar-refractivity contribution is 7.09. The molecule has 0 aromatic carbocycles. The van der Waals surface area contributed by atoms with Gasteiger partial charge in [-0.25, -0.2) is 0 Å². The van der Waals surface area contributed by atoms with E-state index in [-0.39, 0.29) is 0 Å². The van der Waals surface area contributed by atoms with Crippen molar-refractivity contribution in [3.05, 3.63) is 34.5 Å². The summed E-state index contributed by atoms with van der Waals surface area (Å²) in [6.45, 7) is 1.43. The molecule has 17 heavy (non-hydrogen) atoms. The molecule has 0 aliphatic carbocycles. The van der Waals surface area contributed by atoms with E-state index in [2.05, 4.69) is 10.1 Å². The van der Waals surface area contributed by atoms with E-state index in [1.165, 1.54) is 11.3 Å². The van der Waals surface area contributed by atoms with Crippen LogP contribution in [0.5, 0.6) is 0 Å². The zero-order valence-electron chi connectivity index (χ0n) is 9.61. The first-order chi connectivity index (χ1) is 8.33. The van der Waals surface area contributed by atoms with Crippen molar-refractivity contribution in [3.63, 3.8) is 0 Å². The average molecular weight is 253 g/mol. The van der Waals surface area contributed by atoms with Crippen LogP contribution in [0.25, 0.3) is 0 Å². The van der Waals surface area contributed by atoms with Crippen LogP contribution in [-0.2, 0) is 11.3 Å². The summed E-state index contributed by atoms with van der Waals surface area (Å²) in [6.07, 6.45) is 3.61. The average Bonchev–Trinajstić information content (AvgIpc) is 3.00. The van der Waals surface area contributed by atoms with Gasteiger partial charge in [-0.15, -0.1) is 11.3 Å². The van der Waals surface area contributed by atoms with Gasteiger partial charge in [0, 0.05) is 32.7 Å². The van der Waals surface area contributed by atoms with E-state index >= 15 is 0 Å². The molecule has 0 saturated carbocycles. The standard InChI is InChI=1S/C11H15N3O2S/c1-16-6-2-5-14-9(3-4-13-14)11(15)10-7-12-8-17-10/h3-4,7-8,11,15H,2,5-6H2,1H3. The fourth-order valence-electron chi connectivity index (χ4n) is 1.63. The number of aliphatic hydroxyl groups is 1. The molecule has 0 fully saturated rings. The van der Waals surface area contributed by atoms with Crippen LogP contribution in [0.2, 0.25) is 0 Å². The second-order valence-corrected chi connectivity index (χ2v) is 4.55. The first kappa shape index (κ1) is 12.2. The van der Waals surface area contributed by atoms with Crippen LogP contribution in [0.1, 0.15) is 23.1 Å². The lowest BCUT2D eigenvalue weighted by Crippen LogP contribution is -2.10. The normalized spacial score (nSPS) is 12.8. The Kier molecular flexibility index (Phi) is 4.24. The van der Waals surface area contributed by atoms with Gasteiger partial charge >= 0.3 is 0 Å². The molecule has 2 aromatic rings. The van der Waals surface area contributed by atoms with E-state index in [0.29, 0.717) is 6.61 Å². The first-order valence-electron chi connectivity index (χ1n) is 5.40. The van der Waals surface area contributed by atoms with Gasteiger partial charge in [-0.3, -0.25) is 9.67 Å². The number of aliphatic hydroxyl groups excluding tert-OH is 1. The molecule has 1 atom stereocenters. The van der Waals surface area contributed by atoms with Crippen LogP contribution in [0.15, 0.2) is 24.0 Å². The van der Waals surface area contributed by atoms with Crippen molar-refractivity contribution >= 4 is 11.3 Å². The smallest absolute Gasteiger partial charge is 0.131 e. The highest BCUT2D eigenvalue weighted by Crippen LogP contribution is 2.24. The summed E-state index contributed by atoms with van der Waals surface area (Å²) in [5.74, 6) is 0. The molecule has 1 unspecified atom stereocenters. The molecular formula is C11H15N3O2S. The van der Waals surface area contributed by atoms with Gasteiger partial charge in [-0.1, -0.05) is 0 Å². The minimum Gasteiger partial charge on any atom is -0.385 e. The van der Waals surface area contributed by atoms with Crippen LogP contribution in [-0.4, -0.2) is 33.6 Å². The van der Waals surface area contributed by atoms with E-state index in [9.17, 15) is 5.11 Å². The van der Waals surface area contributed by atoms with Crippen molar-refractivity contribution in [2.45, 2.75) is 19.1 Å². The molecule has 0 spiro atoms. The van der Waals surface area contributed by atoms with Gasteiger partial charge < -0.3 is 9.84 Å². The largest absolute Gasteiger partial charge is 0.385 e. The molecule has 0 aliphatic rings. The Bertz CT molecular complexity index is 441. The summed E-state index contributed by atoms with van der Waals surface area (Å²) in [4.78, 5) is 4.80. The van der Waals surface area contributed by atoms with Crippen molar-refractivity contribution in [2.75, 3.05) is 13.7 Å². The van der Waals surface area contributed by atoms with E-state index in [4.69, 9.17) is 4.74 Å². The van der Waals surface area contributed by atoms with Gasteiger partial charge in [-0.2, -0.15) is 5.10 Å². The van der Waals surface area contributed by atoms with Crippen molar-refractivity contribution in [1.82, 2.24) is 14.8 Å². The van der Waals surface area contributed by atoms with Crippen molar-refractivity contribution in [2.24, 2.45) is 0 Å². The molecule has 0 bridgehead atoms. The predicted octanol–water partition coefficient (Wildman–Crippen LogP) is 1.46. The lowest BCUT2D eigenvalue weighted by atomic mass is 10.2. The van der Waals surface area contributed by atoms with Crippen LogP contribution < -0.4 is 0 Å². The SMILES string of the molecule is COCCCn1nccc1C(O)c1cncs1. The van der Waals surface area contributed by atoms with Gasteiger partial charge in [0.25, 0.3) is 0 Å². The first-order valence-corrected chi connectivity index (χ1v) is 6.28. The molecule has 0 radical (unpaired) electrons. The monoisotopic (exact) mass is 253 g/mol. The van der Waals surface area contributed by atoms with E-state index in [0.717, 1.165) is 23.5 Å². The number of ether oxygens (including phenoxy) is 1. The molecule has 1 N–H and O–H groups in total. The molecule has 2 aromatic heterocycles. The Balaban J connectivity index is 2.08. The van der Waals surface area contributed by atoms with Gasteiger partial charge in [0.2, 0.25) is 0 Å². The minimum atomic E-state index is -0.646. The lowest BCUT2D eigenvalue weighted by molar-refractivity contribution is 0.183. The fraction of sp³-hybridized carbons (Fsp3) is 0.455. The lowest BCUT2D eigenvalue weighted by Gasteiger charge is -2.11. The second-order valence-electron chi connectivity index (χ2n) is 3.63. The second kappa shape index (κ2) is 5.90. The number of hydrogen-bond acceptors (Lipinski definition) is 5. The number of aromatic nitrogens is 3. The van der Waals surface area contributed by atoms with Gasteiger partial charge in [-0.05, 0) is 12.5 Å². The molecule has 0 aliphatic heterocycles. The quantitative estimate of drug-likeness (QED) is 0.792. The Hall–Kier alpha value is -1.24. The third-order valence-corrected chi connectivity index (χ3v) is 3.30. The fourth-order valence-corrected chi connectivity index (χ4v) is 2.24. The Morgan fingerprint density at radius 1 is 1.59 bits per heavy atom. The molecule has 0 amide bonds. The van der Waals surface area contributed by atoms with Crippen LogP contribution in [0.4, 0.5) is 0 Å². The van der Waals surface area contributed by atoms with E-state index in [1.807, 2.05) is 10.7 Å². The third-order valence-electron chi connectivity index (χ3n) is 2.47. The topological polar surface area (TPSA) is 60.2 Å². The molecule has 2 rings (SSSR count). The zero-order valence-corrected chi connectivity index (χ0v) is 10.4. The van der Waals surface area contributed by atoms with Gasteiger partial charge in [0.05, 0.1) is 16.1 Å². The summed E-state index contributed by atoms with van der Waals surface area (Å²) >= 11 is 1.44. The maximum atomic E-state index is 10.2. The molecular weight excluding hydrogens is 238 g/mol. The minimum absolute atomic E-state index is 0.646. The Labute approximate surface area is 104 Å². The third kappa shape index (κ3) is 2.91. The molecule has 6 heteroatoms. The summed E-state index contributed by atoms with van der Waals surface area (Å²) in [5.41, 5.74) is 2.51. The maximum absolute atomic E-state index is 10.2. The van der Waals surface area contributed by atoms with Crippen LogP contribution in [0.3, 0.4) is 0 Å². The summed E-state index contributed by atoms with van der Waals surface area (Å²) in [7, 11) is 1.68. The Morgan fingerprint density at radius 3 is 3.18 bits per heavy atom. The number of nitrogens with zero attached hydrogens (tertiary/aromatic N) is 3.